The van der Waals surface area contributed by atoms with Crippen LogP contribution < -0.4 is 5.32 Å². The molecule has 1 heterocycles. The smallest absolute Gasteiger partial charge is 0.123 e. The second-order valence-corrected chi connectivity index (χ2v) is 5.49. The zero-order chi connectivity index (χ0) is 13.1. The molecule has 1 aromatic rings. The fraction of sp³-hybridized carbons (Fsp3) is 0.600. The molecule has 1 aromatic carbocycles. The molecule has 3 heteroatoms. The summed E-state index contributed by atoms with van der Waals surface area (Å²) in [4.78, 5) is 2.40. The van der Waals surface area contributed by atoms with Crippen molar-refractivity contribution in [1.29, 1.82) is 0 Å². The van der Waals surface area contributed by atoms with Gasteiger partial charge in [0.05, 0.1) is 0 Å². The van der Waals surface area contributed by atoms with Crippen molar-refractivity contribution in [2.45, 2.75) is 44.8 Å². The van der Waals surface area contributed by atoms with Crippen LogP contribution in [0.15, 0.2) is 24.3 Å². The van der Waals surface area contributed by atoms with Gasteiger partial charge in [0.2, 0.25) is 0 Å². The standard InChI is InChI=1S/C15H23FN2/c1-11-10-15(8-9-18(11)3)17-12(2)13-4-6-14(16)7-5-13/h4-7,11-12,15,17H,8-10H2,1-3H3/t11?,12-,15?/m1/s1. The van der Waals surface area contributed by atoms with E-state index in [-0.39, 0.29) is 11.9 Å². The lowest BCUT2D eigenvalue weighted by molar-refractivity contribution is 0.163. The van der Waals surface area contributed by atoms with Crippen LogP contribution in [0.5, 0.6) is 0 Å². The molecule has 2 nitrogen and oxygen atoms in total. The molecule has 0 aromatic heterocycles. The lowest BCUT2D eigenvalue weighted by Crippen LogP contribution is -2.46. The van der Waals surface area contributed by atoms with E-state index in [1.807, 2.05) is 12.1 Å². The number of hydrogen-bond donors (Lipinski definition) is 1. The Morgan fingerprint density at radius 2 is 2.00 bits per heavy atom. The number of likely N-dealkylation sites (tertiary alicyclic amines) is 1. The van der Waals surface area contributed by atoms with Gasteiger partial charge >= 0.3 is 0 Å². The monoisotopic (exact) mass is 250 g/mol. The average molecular weight is 250 g/mol. The quantitative estimate of drug-likeness (QED) is 0.887. The highest BCUT2D eigenvalue weighted by molar-refractivity contribution is 5.19. The summed E-state index contributed by atoms with van der Waals surface area (Å²) >= 11 is 0. The number of nitrogens with zero attached hydrogens (tertiary/aromatic N) is 1. The third kappa shape index (κ3) is 3.30. The fourth-order valence-corrected chi connectivity index (χ4v) is 2.64. The maximum absolute atomic E-state index is 12.9. The van der Waals surface area contributed by atoms with Crippen LogP contribution in [0.3, 0.4) is 0 Å². The topological polar surface area (TPSA) is 15.3 Å². The molecule has 18 heavy (non-hydrogen) atoms. The Labute approximate surface area is 109 Å². The number of piperidine rings is 1. The van der Waals surface area contributed by atoms with Crippen LogP contribution in [0.1, 0.15) is 38.3 Å². The zero-order valence-corrected chi connectivity index (χ0v) is 11.5. The highest BCUT2D eigenvalue weighted by Gasteiger charge is 2.23. The Balaban J connectivity index is 1.91. The summed E-state index contributed by atoms with van der Waals surface area (Å²) in [5, 5.41) is 3.66. The number of benzene rings is 1. The molecule has 0 amide bonds. The summed E-state index contributed by atoms with van der Waals surface area (Å²) in [6.45, 7) is 5.57. The van der Waals surface area contributed by atoms with E-state index in [1.165, 1.54) is 25.0 Å². The molecule has 2 rings (SSSR count). The first-order valence-electron chi connectivity index (χ1n) is 6.78. The van der Waals surface area contributed by atoms with Crippen molar-refractivity contribution in [3.63, 3.8) is 0 Å². The molecule has 0 spiro atoms. The molecule has 3 atom stereocenters. The summed E-state index contributed by atoms with van der Waals surface area (Å²) in [6.07, 6.45) is 2.37. The number of rotatable bonds is 3. The Bertz CT molecular complexity index is 377. The first kappa shape index (κ1) is 13.5. The predicted octanol–water partition coefficient (Wildman–Crippen LogP) is 2.96. The van der Waals surface area contributed by atoms with Gasteiger partial charge in [-0.3, -0.25) is 0 Å². The Hall–Kier alpha value is -0.930. The van der Waals surface area contributed by atoms with E-state index >= 15 is 0 Å². The molecule has 1 N–H and O–H groups in total. The number of halogens is 1. The van der Waals surface area contributed by atoms with Crippen LogP contribution >= 0.6 is 0 Å². The van der Waals surface area contributed by atoms with Crippen molar-refractivity contribution in [1.82, 2.24) is 10.2 Å². The number of hydrogen-bond acceptors (Lipinski definition) is 2. The normalized spacial score (nSPS) is 27.1. The minimum Gasteiger partial charge on any atom is -0.307 e. The summed E-state index contributed by atoms with van der Waals surface area (Å²) in [7, 11) is 2.18. The molecular weight excluding hydrogens is 227 g/mol. The molecule has 2 unspecified atom stereocenters. The summed E-state index contributed by atoms with van der Waals surface area (Å²) in [5.74, 6) is -0.168. The van der Waals surface area contributed by atoms with Gasteiger partial charge in [-0.05, 0) is 58.0 Å². The highest BCUT2D eigenvalue weighted by Crippen LogP contribution is 2.20. The highest BCUT2D eigenvalue weighted by atomic mass is 19.1. The van der Waals surface area contributed by atoms with Crippen molar-refractivity contribution in [3.8, 4) is 0 Å². The first-order valence-corrected chi connectivity index (χ1v) is 6.78. The van der Waals surface area contributed by atoms with Crippen LogP contribution in [0.4, 0.5) is 4.39 Å². The van der Waals surface area contributed by atoms with Crippen molar-refractivity contribution >= 4 is 0 Å². The van der Waals surface area contributed by atoms with Gasteiger partial charge in [0, 0.05) is 18.1 Å². The molecule has 0 aliphatic carbocycles. The van der Waals surface area contributed by atoms with Crippen molar-refractivity contribution in [2.75, 3.05) is 13.6 Å². The third-order valence-corrected chi connectivity index (χ3v) is 4.06. The lowest BCUT2D eigenvalue weighted by atomic mass is 9.97. The Morgan fingerprint density at radius 3 is 2.61 bits per heavy atom. The van der Waals surface area contributed by atoms with Gasteiger partial charge in [-0.2, -0.15) is 0 Å². The predicted molar refractivity (Wildman–Crippen MR) is 73.1 cm³/mol. The van der Waals surface area contributed by atoms with Gasteiger partial charge < -0.3 is 10.2 Å². The van der Waals surface area contributed by atoms with E-state index in [1.54, 1.807) is 0 Å². The minimum atomic E-state index is -0.168. The molecule has 0 radical (unpaired) electrons. The van der Waals surface area contributed by atoms with E-state index in [2.05, 4.69) is 31.1 Å². The van der Waals surface area contributed by atoms with E-state index in [0.29, 0.717) is 12.1 Å². The van der Waals surface area contributed by atoms with Gasteiger partial charge in [0.25, 0.3) is 0 Å². The fourth-order valence-electron chi connectivity index (χ4n) is 2.64. The largest absolute Gasteiger partial charge is 0.307 e. The summed E-state index contributed by atoms with van der Waals surface area (Å²) in [6, 6.07) is 8.28. The van der Waals surface area contributed by atoms with Crippen molar-refractivity contribution < 1.29 is 4.39 Å². The number of nitrogens with one attached hydrogen (secondary N) is 1. The Kier molecular flexibility index (Phi) is 4.36. The first-order chi connectivity index (χ1) is 8.56. The summed E-state index contributed by atoms with van der Waals surface area (Å²) in [5.41, 5.74) is 1.16. The van der Waals surface area contributed by atoms with Gasteiger partial charge in [0.15, 0.2) is 0 Å². The van der Waals surface area contributed by atoms with Crippen LogP contribution in [0, 0.1) is 5.82 Å². The van der Waals surface area contributed by atoms with Gasteiger partial charge in [-0.25, -0.2) is 4.39 Å². The molecule has 0 bridgehead atoms. The SMILES string of the molecule is CC1CC(N[C@H](C)c2ccc(F)cc2)CCN1C. The van der Waals surface area contributed by atoms with Crippen molar-refractivity contribution in [3.05, 3.63) is 35.6 Å². The van der Waals surface area contributed by atoms with E-state index in [4.69, 9.17) is 0 Å². The van der Waals surface area contributed by atoms with Crippen LogP contribution in [0.25, 0.3) is 0 Å². The molecule has 1 aliphatic heterocycles. The van der Waals surface area contributed by atoms with Gasteiger partial charge in [-0.1, -0.05) is 12.1 Å². The zero-order valence-electron chi connectivity index (χ0n) is 11.5. The molecule has 100 valence electrons. The van der Waals surface area contributed by atoms with E-state index in [9.17, 15) is 4.39 Å². The molecular formula is C15H23FN2. The molecule has 1 aliphatic rings. The Morgan fingerprint density at radius 1 is 1.33 bits per heavy atom. The third-order valence-electron chi connectivity index (χ3n) is 4.06. The second-order valence-electron chi connectivity index (χ2n) is 5.49. The average Bonchev–Trinajstić information content (AvgIpc) is 2.34. The lowest BCUT2D eigenvalue weighted by Gasteiger charge is -2.36. The molecule has 0 saturated carbocycles. The van der Waals surface area contributed by atoms with Crippen molar-refractivity contribution in [2.24, 2.45) is 0 Å². The van der Waals surface area contributed by atoms with Crippen LogP contribution in [0.2, 0.25) is 0 Å². The van der Waals surface area contributed by atoms with Gasteiger partial charge in [0.1, 0.15) is 5.82 Å². The molecule has 1 fully saturated rings. The van der Waals surface area contributed by atoms with Crippen LogP contribution in [-0.4, -0.2) is 30.6 Å². The minimum absolute atomic E-state index is 0.168. The maximum Gasteiger partial charge on any atom is 0.123 e. The summed E-state index contributed by atoms with van der Waals surface area (Å²) < 4.78 is 12.9. The van der Waals surface area contributed by atoms with Gasteiger partial charge in [-0.15, -0.1) is 0 Å². The molecule has 1 saturated heterocycles. The van der Waals surface area contributed by atoms with E-state index in [0.717, 1.165) is 12.1 Å². The van der Waals surface area contributed by atoms with Crippen LogP contribution in [-0.2, 0) is 0 Å². The van der Waals surface area contributed by atoms with E-state index < -0.39 is 0 Å². The maximum atomic E-state index is 12.9. The second kappa shape index (κ2) is 5.81.